The first-order valence-corrected chi connectivity index (χ1v) is 14.2. The van der Waals surface area contributed by atoms with E-state index in [1.165, 1.54) is 44.0 Å². The van der Waals surface area contributed by atoms with E-state index >= 15 is 0 Å². The Morgan fingerprint density at radius 3 is 1.83 bits per heavy atom. The summed E-state index contributed by atoms with van der Waals surface area (Å²) in [7, 11) is 0. The molecule has 0 saturated heterocycles. The summed E-state index contributed by atoms with van der Waals surface area (Å²) in [4.78, 5) is 9.31. The van der Waals surface area contributed by atoms with Crippen molar-refractivity contribution in [1.82, 2.24) is 19.1 Å². The fourth-order valence-corrected chi connectivity index (χ4v) is 6.56. The minimum Gasteiger partial charge on any atom is -0.309 e. The van der Waals surface area contributed by atoms with Gasteiger partial charge in [0.1, 0.15) is 5.65 Å². The Kier molecular flexibility index (Phi) is 4.87. The van der Waals surface area contributed by atoms with Gasteiger partial charge in [0.2, 0.25) is 0 Å². The fourth-order valence-electron chi connectivity index (χ4n) is 6.56. The maximum absolute atomic E-state index is 4.95. The molecule has 42 heavy (non-hydrogen) atoms. The lowest BCUT2D eigenvalue weighted by Gasteiger charge is -2.09. The molecule has 0 N–H and O–H groups in total. The van der Waals surface area contributed by atoms with E-state index in [2.05, 4.69) is 142 Å². The van der Waals surface area contributed by atoms with Gasteiger partial charge in [0.15, 0.2) is 0 Å². The zero-order chi connectivity index (χ0) is 27.6. The number of para-hydroxylation sites is 3. The Balaban J connectivity index is 1.32. The van der Waals surface area contributed by atoms with Gasteiger partial charge in [-0.25, -0.2) is 4.98 Å². The van der Waals surface area contributed by atoms with Crippen molar-refractivity contribution < 1.29 is 0 Å². The normalized spacial score (nSPS) is 11.8. The van der Waals surface area contributed by atoms with E-state index < -0.39 is 0 Å². The zero-order valence-corrected chi connectivity index (χ0v) is 22.6. The molecule has 0 aliphatic carbocycles. The summed E-state index contributed by atoms with van der Waals surface area (Å²) in [5.41, 5.74) is 9.14. The largest absolute Gasteiger partial charge is 0.309 e. The topological polar surface area (TPSA) is 35.6 Å². The second-order valence-electron chi connectivity index (χ2n) is 10.7. The number of rotatable bonds is 3. The molecule has 0 fully saturated rings. The fraction of sp³-hybridized carbons (Fsp3) is 0. The predicted molar refractivity (Wildman–Crippen MR) is 174 cm³/mol. The summed E-state index contributed by atoms with van der Waals surface area (Å²) in [5, 5.41) is 7.03. The van der Waals surface area contributed by atoms with Crippen molar-refractivity contribution in [3.05, 3.63) is 146 Å². The third-order valence-electron chi connectivity index (χ3n) is 8.42. The highest BCUT2D eigenvalue weighted by Crippen LogP contribution is 2.39. The van der Waals surface area contributed by atoms with Gasteiger partial charge in [-0.3, -0.25) is 9.55 Å². The molecule has 0 spiro atoms. The standard InChI is InChI=1S/C38H24N4/c1-3-9-28(10-4-1)41-34-14-8-7-13-31(34)32-21-25(15-17-35(32)41)26-16-18-36-33(22-26)37-30-19-20-39-23-27(30)24-40-38(37)42(36)29-11-5-2-6-12-29/h1-24H. The van der Waals surface area contributed by atoms with Gasteiger partial charge >= 0.3 is 0 Å². The van der Waals surface area contributed by atoms with Gasteiger partial charge in [-0.05, 0) is 77.2 Å². The Labute approximate surface area is 241 Å². The van der Waals surface area contributed by atoms with Crippen molar-refractivity contribution in [2.75, 3.05) is 0 Å². The molecule has 0 unspecified atom stereocenters. The molecule has 9 aromatic rings. The number of hydrogen-bond donors (Lipinski definition) is 0. The summed E-state index contributed by atoms with van der Waals surface area (Å²) in [6, 6.07) is 45.5. The van der Waals surface area contributed by atoms with Gasteiger partial charge in [-0.2, -0.15) is 0 Å². The van der Waals surface area contributed by atoms with E-state index in [-0.39, 0.29) is 0 Å². The Morgan fingerprint density at radius 1 is 0.452 bits per heavy atom. The molecule has 0 radical (unpaired) electrons. The second kappa shape index (κ2) is 8.88. The van der Waals surface area contributed by atoms with Crippen LogP contribution in [0.1, 0.15) is 0 Å². The highest BCUT2D eigenvalue weighted by atomic mass is 15.0. The minimum absolute atomic E-state index is 0.952. The molecule has 0 atom stereocenters. The van der Waals surface area contributed by atoms with Crippen molar-refractivity contribution in [1.29, 1.82) is 0 Å². The number of fused-ring (bicyclic) bond motifs is 8. The molecular formula is C38H24N4. The summed E-state index contributed by atoms with van der Waals surface area (Å²) in [5.74, 6) is 0. The van der Waals surface area contributed by atoms with Crippen molar-refractivity contribution in [2.45, 2.75) is 0 Å². The van der Waals surface area contributed by atoms with Crippen LogP contribution in [0.15, 0.2) is 146 Å². The van der Waals surface area contributed by atoms with Crippen LogP contribution in [0.25, 0.3) is 77.0 Å². The number of hydrogen-bond acceptors (Lipinski definition) is 2. The molecule has 0 amide bonds. The van der Waals surface area contributed by atoms with Crippen LogP contribution in [-0.4, -0.2) is 19.1 Å². The van der Waals surface area contributed by atoms with E-state index in [0.29, 0.717) is 0 Å². The predicted octanol–water partition coefficient (Wildman–Crippen LogP) is 9.49. The average Bonchev–Trinajstić information content (AvgIpc) is 3.58. The smallest absolute Gasteiger partial charge is 0.146 e. The Bertz CT molecular complexity index is 2450. The lowest BCUT2D eigenvalue weighted by molar-refractivity contribution is 1.14. The first-order chi connectivity index (χ1) is 20.8. The quantitative estimate of drug-likeness (QED) is 0.225. The van der Waals surface area contributed by atoms with Crippen molar-refractivity contribution in [2.24, 2.45) is 0 Å². The molecule has 4 heteroatoms. The molecule has 0 aliphatic rings. The van der Waals surface area contributed by atoms with Crippen LogP contribution in [0, 0.1) is 0 Å². The van der Waals surface area contributed by atoms with E-state index in [9.17, 15) is 0 Å². The van der Waals surface area contributed by atoms with Crippen molar-refractivity contribution in [3.8, 4) is 22.5 Å². The van der Waals surface area contributed by atoms with Gasteiger partial charge in [0.05, 0.1) is 16.6 Å². The Hall–Kier alpha value is -5.74. The number of pyridine rings is 2. The van der Waals surface area contributed by atoms with Crippen molar-refractivity contribution >= 4 is 54.5 Å². The first kappa shape index (κ1) is 23.0. The lowest BCUT2D eigenvalue weighted by atomic mass is 10.00. The van der Waals surface area contributed by atoms with E-state index in [0.717, 1.165) is 33.0 Å². The monoisotopic (exact) mass is 536 g/mol. The molecule has 196 valence electrons. The molecular weight excluding hydrogens is 512 g/mol. The van der Waals surface area contributed by atoms with Crippen LogP contribution >= 0.6 is 0 Å². The minimum atomic E-state index is 0.952. The van der Waals surface area contributed by atoms with E-state index in [1.807, 2.05) is 18.6 Å². The molecule has 5 aromatic carbocycles. The lowest BCUT2D eigenvalue weighted by Crippen LogP contribution is -1.95. The summed E-state index contributed by atoms with van der Waals surface area (Å²) >= 11 is 0. The molecule has 4 nitrogen and oxygen atoms in total. The van der Waals surface area contributed by atoms with Gasteiger partial charge in [0.25, 0.3) is 0 Å². The summed E-state index contributed by atoms with van der Waals surface area (Å²) in [6.45, 7) is 0. The van der Waals surface area contributed by atoms with Crippen LogP contribution in [0.4, 0.5) is 0 Å². The van der Waals surface area contributed by atoms with Gasteiger partial charge in [-0.15, -0.1) is 0 Å². The zero-order valence-electron chi connectivity index (χ0n) is 22.6. The second-order valence-corrected chi connectivity index (χ2v) is 10.7. The molecule has 0 aliphatic heterocycles. The van der Waals surface area contributed by atoms with E-state index in [4.69, 9.17) is 4.98 Å². The highest BCUT2D eigenvalue weighted by molar-refractivity contribution is 6.20. The molecule has 0 saturated carbocycles. The maximum atomic E-state index is 4.95. The van der Waals surface area contributed by atoms with Gasteiger partial charge < -0.3 is 4.57 Å². The molecule has 4 aromatic heterocycles. The molecule has 4 heterocycles. The van der Waals surface area contributed by atoms with Crippen LogP contribution in [0.3, 0.4) is 0 Å². The van der Waals surface area contributed by atoms with Crippen LogP contribution < -0.4 is 0 Å². The summed E-state index contributed by atoms with van der Waals surface area (Å²) < 4.78 is 4.63. The van der Waals surface area contributed by atoms with Crippen LogP contribution in [-0.2, 0) is 0 Å². The van der Waals surface area contributed by atoms with Crippen LogP contribution in [0.5, 0.6) is 0 Å². The highest BCUT2D eigenvalue weighted by Gasteiger charge is 2.18. The van der Waals surface area contributed by atoms with Gasteiger partial charge in [-0.1, -0.05) is 66.7 Å². The maximum Gasteiger partial charge on any atom is 0.146 e. The summed E-state index contributed by atoms with van der Waals surface area (Å²) in [6.07, 6.45) is 5.70. The van der Waals surface area contributed by atoms with Gasteiger partial charge in [0, 0.05) is 56.9 Å². The third kappa shape index (κ3) is 3.29. The average molecular weight is 537 g/mol. The van der Waals surface area contributed by atoms with Crippen LogP contribution in [0.2, 0.25) is 0 Å². The third-order valence-corrected chi connectivity index (χ3v) is 8.42. The molecule has 0 bridgehead atoms. The first-order valence-electron chi connectivity index (χ1n) is 14.2. The number of benzene rings is 5. The number of nitrogens with zero attached hydrogens (tertiary/aromatic N) is 4. The molecule has 9 rings (SSSR count). The SMILES string of the molecule is c1ccc(-n2c3ccccc3c3cc(-c4ccc5c(c4)c4c6ccncc6cnc4n5-c4ccccc4)ccc32)cc1. The van der Waals surface area contributed by atoms with Crippen molar-refractivity contribution in [3.63, 3.8) is 0 Å². The number of aromatic nitrogens is 4. The Morgan fingerprint density at radius 2 is 1.07 bits per heavy atom. The van der Waals surface area contributed by atoms with E-state index in [1.54, 1.807) is 0 Å².